The third-order valence-corrected chi connectivity index (χ3v) is 3.72. The first-order valence-electron chi connectivity index (χ1n) is 6.87. The summed E-state index contributed by atoms with van der Waals surface area (Å²) >= 11 is 5.88. The standard InChI is InChI=1S/C18H12ClNO3/c19-13-7-5-11(6-8-13)12-9-16(20-17(21)10-12)14-3-1-2-4-15(14)18(22)23/h1-10H,(H,20,21)(H,22,23). The third kappa shape index (κ3) is 3.17. The Balaban J connectivity index is 2.17. The van der Waals surface area contributed by atoms with E-state index < -0.39 is 5.97 Å². The highest BCUT2D eigenvalue weighted by Gasteiger charge is 2.12. The zero-order valence-electron chi connectivity index (χ0n) is 11.9. The van der Waals surface area contributed by atoms with Crippen molar-refractivity contribution < 1.29 is 9.90 Å². The molecule has 0 spiro atoms. The normalized spacial score (nSPS) is 10.5. The Hall–Kier alpha value is -2.85. The van der Waals surface area contributed by atoms with Gasteiger partial charge in [-0.1, -0.05) is 41.9 Å². The average molecular weight is 326 g/mol. The molecule has 114 valence electrons. The van der Waals surface area contributed by atoms with E-state index >= 15 is 0 Å². The molecule has 0 saturated carbocycles. The molecule has 3 rings (SSSR count). The van der Waals surface area contributed by atoms with Gasteiger partial charge in [0.25, 0.3) is 0 Å². The van der Waals surface area contributed by atoms with Gasteiger partial charge in [0, 0.05) is 22.3 Å². The Labute approximate surface area is 137 Å². The van der Waals surface area contributed by atoms with E-state index in [0.717, 1.165) is 5.56 Å². The van der Waals surface area contributed by atoms with Crippen molar-refractivity contribution in [3.05, 3.63) is 81.6 Å². The van der Waals surface area contributed by atoms with E-state index in [1.807, 2.05) is 12.1 Å². The van der Waals surface area contributed by atoms with Crippen LogP contribution >= 0.6 is 11.6 Å². The molecule has 0 unspecified atom stereocenters. The lowest BCUT2D eigenvalue weighted by Crippen LogP contribution is -2.08. The average Bonchev–Trinajstić information content (AvgIpc) is 2.55. The van der Waals surface area contributed by atoms with Gasteiger partial charge in [0.1, 0.15) is 0 Å². The molecule has 4 nitrogen and oxygen atoms in total. The predicted octanol–water partition coefficient (Wildman–Crippen LogP) is 4.06. The van der Waals surface area contributed by atoms with E-state index in [0.29, 0.717) is 21.8 Å². The largest absolute Gasteiger partial charge is 0.478 e. The summed E-state index contributed by atoms with van der Waals surface area (Å²) in [5.74, 6) is -1.04. The number of carboxylic acid groups (broad SMARTS) is 1. The molecule has 23 heavy (non-hydrogen) atoms. The van der Waals surface area contributed by atoms with Crippen LogP contribution in [0, 0.1) is 0 Å². The van der Waals surface area contributed by atoms with Crippen LogP contribution in [-0.2, 0) is 0 Å². The minimum Gasteiger partial charge on any atom is -0.478 e. The first kappa shape index (κ1) is 15.1. The van der Waals surface area contributed by atoms with Crippen LogP contribution in [-0.4, -0.2) is 16.1 Å². The highest BCUT2D eigenvalue weighted by molar-refractivity contribution is 6.30. The Kier molecular flexibility index (Phi) is 4.00. The summed E-state index contributed by atoms with van der Waals surface area (Å²) in [7, 11) is 0. The second-order valence-electron chi connectivity index (χ2n) is 5.00. The second kappa shape index (κ2) is 6.10. The fourth-order valence-electron chi connectivity index (χ4n) is 2.40. The fraction of sp³-hybridized carbons (Fsp3) is 0. The molecule has 3 aromatic rings. The molecule has 0 aliphatic rings. The topological polar surface area (TPSA) is 70.2 Å². The van der Waals surface area contributed by atoms with Gasteiger partial charge in [-0.2, -0.15) is 0 Å². The number of benzene rings is 2. The van der Waals surface area contributed by atoms with Gasteiger partial charge in [-0.15, -0.1) is 0 Å². The van der Waals surface area contributed by atoms with Gasteiger partial charge in [0.15, 0.2) is 0 Å². The summed E-state index contributed by atoms with van der Waals surface area (Å²) < 4.78 is 0. The maximum Gasteiger partial charge on any atom is 0.336 e. The zero-order valence-corrected chi connectivity index (χ0v) is 12.7. The molecule has 1 heterocycles. The van der Waals surface area contributed by atoms with Crippen LogP contribution in [0.5, 0.6) is 0 Å². The van der Waals surface area contributed by atoms with Crippen LogP contribution in [0.2, 0.25) is 5.02 Å². The van der Waals surface area contributed by atoms with E-state index in [1.165, 1.54) is 12.1 Å². The van der Waals surface area contributed by atoms with Crippen LogP contribution in [0.4, 0.5) is 0 Å². The molecular weight excluding hydrogens is 314 g/mol. The Morgan fingerprint density at radius 1 is 0.957 bits per heavy atom. The number of nitrogens with one attached hydrogen (secondary N) is 1. The molecule has 2 N–H and O–H groups in total. The number of halogens is 1. The number of hydrogen-bond donors (Lipinski definition) is 2. The number of aromatic amines is 1. The van der Waals surface area contributed by atoms with Crippen molar-refractivity contribution in [3.8, 4) is 22.4 Å². The van der Waals surface area contributed by atoms with Gasteiger partial charge in [-0.3, -0.25) is 4.79 Å². The van der Waals surface area contributed by atoms with Crippen molar-refractivity contribution in [2.75, 3.05) is 0 Å². The lowest BCUT2D eigenvalue weighted by Gasteiger charge is -2.08. The van der Waals surface area contributed by atoms with Crippen molar-refractivity contribution in [2.45, 2.75) is 0 Å². The number of rotatable bonds is 3. The van der Waals surface area contributed by atoms with Gasteiger partial charge < -0.3 is 10.1 Å². The molecule has 0 amide bonds. The van der Waals surface area contributed by atoms with Gasteiger partial charge in [0.2, 0.25) is 5.56 Å². The summed E-state index contributed by atoms with van der Waals surface area (Å²) in [5.41, 5.74) is 2.28. The van der Waals surface area contributed by atoms with Crippen molar-refractivity contribution in [1.82, 2.24) is 4.98 Å². The third-order valence-electron chi connectivity index (χ3n) is 3.47. The van der Waals surface area contributed by atoms with Crippen LogP contribution < -0.4 is 5.56 Å². The number of pyridine rings is 1. The number of H-pyrrole nitrogens is 1. The lowest BCUT2D eigenvalue weighted by molar-refractivity contribution is 0.0697. The summed E-state index contributed by atoms with van der Waals surface area (Å²) in [4.78, 5) is 26.0. The predicted molar refractivity (Wildman–Crippen MR) is 89.9 cm³/mol. The van der Waals surface area contributed by atoms with Gasteiger partial charge >= 0.3 is 5.97 Å². The quantitative estimate of drug-likeness (QED) is 0.763. The van der Waals surface area contributed by atoms with Crippen molar-refractivity contribution in [1.29, 1.82) is 0 Å². The zero-order chi connectivity index (χ0) is 16.4. The number of carboxylic acids is 1. The Bertz CT molecular complexity index is 929. The second-order valence-corrected chi connectivity index (χ2v) is 5.44. The summed E-state index contributed by atoms with van der Waals surface area (Å²) in [6.07, 6.45) is 0. The molecule has 0 aliphatic heterocycles. The summed E-state index contributed by atoms with van der Waals surface area (Å²) in [6, 6.07) is 16.9. The van der Waals surface area contributed by atoms with Gasteiger partial charge in [-0.25, -0.2) is 4.79 Å². The van der Waals surface area contributed by atoms with Crippen molar-refractivity contribution in [2.24, 2.45) is 0 Å². The molecule has 0 atom stereocenters. The minimum atomic E-state index is -1.04. The van der Waals surface area contributed by atoms with Gasteiger partial charge in [0.05, 0.1) is 5.56 Å². The maximum absolute atomic E-state index is 12.0. The van der Waals surface area contributed by atoms with Crippen molar-refractivity contribution >= 4 is 17.6 Å². The first-order valence-corrected chi connectivity index (χ1v) is 7.25. The van der Waals surface area contributed by atoms with E-state index in [1.54, 1.807) is 36.4 Å². The van der Waals surface area contributed by atoms with Crippen LogP contribution in [0.25, 0.3) is 22.4 Å². The summed E-state index contributed by atoms with van der Waals surface area (Å²) in [6.45, 7) is 0. The molecule has 1 aromatic heterocycles. The highest BCUT2D eigenvalue weighted by atomic mass is 35.5. The van der Waals surface area contributed by atoms with Gasteiger partial charge in [-0.05, 0) is 35.4 Å². The maximum atomic E-state index is 12.0. The molecule has 0 radical (unpaired) electrons. The summed E-state index contributed by atoms with van der Waals surface area (Å²) in [5, 5.41) is 9.91. The first-order chi connectivity index (χ1) is 11.0. The number of hydrogen-bond acceptors (Lipinski definition) is 2. The molecular formula is C18H12ClNO3. The monoisotopic (exact) mass is 325 g/mol. The van der Waals surface area contributed by atoms with E-state index in [2.05, 4.69) is 4.98 Å². The molecule has 0 saturated heterocycles. The highest BCUT2D eigenvalue weighted by Crippen LogP contribution is 2.26. The van der Waals surface area contributed by atoms with Crippen LogP contribution in [0.1, 0.15) is 10.4 Å². The van der Waals surface area contributed by atoms with E-state index in [-0.39, 0.29) is 11.1 Å². The molecule has 2 aromatic carbocycles. The Morgan fingerprint density at radius 3 is 2.35 bits per heavy atom. The fourth-order valence-corrected chi connectivity index (χ4v) is 2.53. The molecule has 5 heteroatoms. The number of aromatic carboxylic acids is 1. The number of carbonyl (C=O) groups is 1. The molecule has 0 bridgehead atoms. The van der Waals surface area contributed by atoms with Crippen molar-refractivity contribution in [3.63, 3.8) is 0 Å². The lowest BCUT2D eigenvalue weighted by atomic mass is 10.0. The van der Waals surface area contributed by atoms with Crippen LogP contribution in [0.15, 0.2) is 65.5 Å². The molecule has 0 aliphatic carbocycles. The molecule has 0 fully saturated rings. The Morgan fingerprint density at radius 2 is 1.65 bits per heavy atom. The number of aromatic nitrogens is 1. The smallest absolute Gasteiger partial charge is 0.336 e. The van der Waals surface area contributed by atoms with E-state index in [4.69, 9.17) is 11.6 Å². The van der Waals surface area contributed by atoms with Crippen LogP contribution in [0.3, 0.4) is 0 Å². The van der Waals surface area contributed by atoms with E-state index in [9.17, 15) is 14.7 Å². The minimum absolute atomic E-state index is 0.136. The SMILES string of the molecule is O=C(O)c1ccccc1-c1cc(-c2ccc(Cl)cc2)cc(=O)[nH]1.